The van der Waals surface area contributed by atoms with E-state index in [1.807, 2.05) is 29.2 Å². The third-order valence-corrected chi connectivity index (χ3v) is 4.83. The molecule has 1 fully saturated rings. The van der Waals surface area contributed by atoms with Gasteiger partial charge in [-0.2, -0.15) is 0 Å². The molecule has 0 radical (unpaired) electrons. The second kappa shape index (κ2) is 6.86. The normalized spacial score (nSPS) is 15.6. The van der Waals surface area contributed by atoms with Crippen LogP contribution in [0.2, 0.25) is 5.02 Å². The van der Waals surface area contributed by atoms with Gasteiger partial charge in [-0.05, 0) is 36.4 Å². The number of aromatic nitrogens is 1. The van der Waals surface area contributed by atoms with E-state index in [0.29, 0.717) is 23.7 Å². The third-order valence-electron chi connectivity index (χ3n) is 4.58. The second-order valence-electron chi connectivity index (χ2n) is 6.20. The van der Waals surface area contributed by atoms with E-state index in [-0.39, 0.29) is 5.91 Å². The number of halogens is 1. The van der Waals surface area contributed by atoms with Crippen LogP contribution in [0.25, 0.3) is 11.0 Å². The molecule has 0 unspecified atom stereocenters. The molecule has 5 nitrogen and oxygen atoms in total. The van der Waals surface area contributed by atoms with Crippen LogP contribution in [0, 0.1) is 0 Å². The summed E-state index contributed by atoms with van der Waals surface area (Å²) in [5.41, 5.74) is 2.45. The Morgan fingerprint density at radius 1 is 1.04 bits per heavy atom. The first-order valence-electron chi connectivity index (χ1n) is 8.31. The number of amides is 1. The summed E-state index contributed by atoms with van der Waals surface area (Å²) in [6.07, 6.45) is 0. The summed E-state index contributed by atoms with van der Waals surface area (Å²) in [6.45, 7) is 3.79. The average Bonchev–Trinajstić information content (AvgIpc) is 3.06. The number of carbonyl (C=O) groups excluding carboxylic acids is 1. The van der Waals surface area contributed by atoms with E-state index in [2.05, 4.69) is 10.1 Å². The van der Waals surface area contributed by atoms with Crippen LogP contribution in [0.3, 0.4) is 0 Å². The Morgan fingerprint density at radius 2 is 1.76 bits per heavy atom. The Bertz CT molecular complexity index is 883. The SMILES string of the molecule is O=C(c1ccc(Cl)cc1)N1CCN(Cc2noc3ccccc23)CC1. The van der Waals surface area contributed by atoms with Gasteiger partial charge in [0.05, 0.1) is 0 Å². The maximum atomic E-state index is 12.5. The average molecular weight is 356 g/mol. The number of carbonyl (C=O) groups is 1. The first-order valence-corrected chi connectivity index (χ1v) is 8.69. The Morgan fingerprint density at radius 3 is 2.52 bits per heavy atom. The number of para-hydroxylation sites is 1. The fourth-order valence-corrected chi connectivity index (χ4v) is 3.27. The van der Waals surface area contributed by atoms with E-state index in [1.165, 1.54) is 0 Å². The molecule has 0 bridgehead atoms. The second-order valence-corrected chi connectivity index (χ2v) is 6.64. The lowest BCUT2D eigenvalue weighted by atomic mass is 10.1. The smallest absolute Gasteiger partial charge is 0.253 e. The molecular formula is C19H18ClN3O2. The highest BCUT2D eigenvalue weighted by Gasteiger charge is 2.23. The van der Waals surface area contributed by atoms with Gasteiger partial charge in [0.2, 0.25) is 0 Å². The maximum absolute atomic E-state index is 12.5. The van der Waals surface area contributed by atoms with Gasteiger partial charge >= 0.3 is 0 Å². The highest BCUT2D eigenvalue weighted by molar-refractivity contribution is 6.30. The van der Waals surface area contributed by atoms with Crippen molar-refractivity contribution in [1.29, 1.82) is 0 Å². The molecular weight excluding hydrogens is 338 g/mol. The molecule has 3 aromatic rings. The van der Waals surface area contributed by atoms with Gasteiger partial charge in [0.25, 0.3) is 5.91 Å². The minimum Gasteiger partial charge on any atom is -0.356 e. The van der Waals surface area contributed by atoms with Crippen molar-refractivity contribution in [2.24, 2.45) is 0 Å². The van der Waals surface area contributed by atoms with E-state index in [1.54, 1.807) is 24.3 Å². The Labute approximate surface area is 150 Å². The van der Waals surface area contributed by atoms with Gasteiger partial charge < -0.3 is 9.42 Å². The monoisotopic (exact) mass is 355 g/mol. The number of piperazine rings is 1. The van der Waals surface area contributed by atoms with E-state index >= 15 is 0 Å². The zero-order valence-corrected chi connectivity index (χ0v) is 14.4. The van der Waals surface area contributed by atoms with Gasteiger partial charge in [-0.3, -0.25) is 9.69 Å². The molecule has 0 spiro atoms. The largest absolute Gasteiger partial charge is 0.356 e. The van der Waals surface area contributed by atoms with E-state index in [4.69, 9.17) is 16.1 Å². The van der Waals surface area contributed by atoms with Gasteiger partial charge in [-0.1, -0.05) is 28.9 Å². The summed E-state index contributed by atoms with van der Waals surface area (Å²) in [4.78, 5) is 16.7. The Balaban J connectivity index is 1.38. The number of nitrogens with zero attached hydrogens (tertiary/aromatic N) is 3. The minimum absolute atomic E-state index is 0.0585. The van der Waals surface area contributed by atoms with Crippen LogP contribution in [0.15, 0.2) is 53.1 Å². The molecule has 0 N–H and O–H groups in total. The van der Waals surface area contributed by atoms with Gasteiger partial charge in [0.15, 0.2) is 5.58 Å². The number of fused-ring (bicyclic) bond motifs is 1. The van der Waals surface area contributed by atoms with Gasteiger partial charge in [-0.25, -0.2) is 0 Å². The predicted molar refractivity (Wildman–Crippen MR) is 96.6 cm³/mol. The summed E-state index contributed by atoms with van der Waals surface area (Å²) in [5, 5.41) is 5.89. The molecule has 0 saturated carbocycles. The number of rotatable bonds is 3. The van der Waals surface area contributed by atoms with Crippen LogP contribution in [0.4, 0.5) is 0 Å². The summed E-state index contributed by atoms with van der Waals surface area (Å²) >= 11 is 5.89. The Hall–Kier alpha value is -2.37. The summed E-state index contributed by atoms with van der Waals surface area (Å²) in [6, 6.07) is 14.9. The van der Waals surface area contributed by atoms with Crippen molar-refractivity contribution in [3.05, 3.63) is 64.8 Å². The minimum atomic E-state index is 0.0585. The zero-order valence-electron chi connectivity index (χ0n) is 13.7. The van der Waals surface area contributed by atoms with E-state index in [0.717, 1.165) is 36.3 Å². The molecule has 2 aromatic carbocycles. The summed E-state index contributed by atoms with van der Waals surface area (Å²) in [7, 11) is 0. The van der Waals surface area contributed by atoms with Gasteiger partial charge in [0.1, 0.15) is 5.69 Å². The molecule has 1 saturated heterocycles. The number of benzene rings is 2. The Kier molecular flexibility index (Phi) is 4.42. The molecule has 2 heterocycles. The van der Waals surface area contributed by atoms with Crippen LogP contribution in [-0.2, 0) is 6.54 Å². The molecule has 128 valence electrons. The van der Waals surface area contributed by atoms with Crippen molar-refractivity contribution in [1.82, 2.24) is 15.0 Å². The first-order chi connectivity index (χ1) is 12.2. The lowest BCUT2D eigenvalue weighted by Crippen LogP contribution is -2.48. The van der Waals surface area contributed by atoms with Crippen molar-refractivity contribution < 1.29 is 9.32 Å². The molecule has 0 aliphatic carbocycles. The first kappa shape index (κ1) is 16.1. The molecule has 1 aliphatic rings. The van der Waals surface area contributed by atoms with Crippen molar-refractivity contribution in [2.75, 3.05) is 26.2 Å². The molecule has 6 heteroatoms. The number of hydrogen-bond donors (Lipinski definition) is 0. The van der Waals surface area contributed by atoms with Crippen molar-refractivity contribution >= 4 is 28.5 Å². The van der Waals surface area contributed by atoms with Crippen LogP contribution in [0.5, 0.6) is 0 Å². The quantitative estimate of drug-likeness (QED) is 0.722. The fraction of sp³-hybridized carbons (Fsp3) is 0.263. The number of hydrogen-bond acceptors (Lipinski definition) is 4. The molecule has 1 aliphatic heterocycles. The lowest BCUT2D eigenvalue weighted by molar-refractivity contribution is 0.0626. The van der Waals surface area contributed by atoms with Crippen molar-refractivity contribution in [3.8, 4) is 0 Å². The standard InChI is InChI=1S/C19H18ClN3O2/c20-15-7-5-14(6-8-15)19(24)23-11-9-22(10-12-23)13-17-16-3-1-2-4-18(16)25-21-17/h1-8H,9-13H2. The molecule has 0 atom stereocenters. The van der Waals surface area contributed by atoms with Crippen LogP contribution in [-0.4, -0.2) is 47.0 Å². The highest BCUT2D eigenvalue weighted by atomic mass is 35.5. The van der Waals surface area contributed by atoms with Crippen molar-refractivity contribution in [2.45, 2.75) is 6.54 Å². The zero-order chi connectivity index (χ0) is 17.2. The van der Waals surface area contributed by atoms with Crippen LogP contribution >= 0.6 is 11.6 Å². The van der Waals surface area contributed by atoms with Crippen molar-refractivity contribution in [3.63, 3.8) is 0 Å². The van der Waals surface area contributed by atoms with E-state index in [9.17, 15) is 4.79 Å². The van der Waals surface area contributed by atoms with Gasteiger partial charge in [-0.15, -0.1) is 0 Å². The third kappa shape index (κ3) is 3.38. The summed E-state index contributed by atoms with van der Waals surface area (Å²) in [5.74, 6) is 0.0585. The lowest BCUT2D eigenvalue weighted by Gasteiger charge is -2.34. The predicted octanol–water partition coefficient (Wildman–Crippen LogP) is 3.44. The molecule has 25 heavy (non-hydrogen) atoms. The topological polar surface area (TPSA) is 49.6 Å². The molecule has 1 amide bonds. The molecule has 1 aromatic heterocycles. The molecule has 4 rings (SSSR count). The fourth-order valence-electron chi connectivity index (χ4n) is 3.15. The maximum Gasteiger partial charge on any atom is 0.253 e. The van der Waals surface area contributed by atoms with Gasteiger partial charge in [0, 0.05) is 48.7 Å². The van der Waals surface area contributed by atoms with Crippen LogP contribution in [0.1, 0.15) is 16.1 Å². The highest BCUT2D eigenvalue weighted by Crippen LogP contribution is 2.20. The summed E-state index contributed by atoms with van der Waals surface area (Å²) < 4.78 is 5.37. The van der Waals surface area contributed by atoms with E-state index < -0.39 is 0 Å². The van der Waals surface area contributed by atoms with Crippen LogP contribution < -0.4 is 0 Å².